The van der Waals surface area contributed by atoms with E-state index in [1.807, 2.05) is 38.1 Å². The fraction of sp³-hybridized carbons (Fsp3) is 0.350. The summed E-state index contributed by atoms with van der Waals surface area (Å²) in [4.78, 5) is 16.3. The topological polar surface area (TPSA) is 79.0 Å². The van der Waals surface area contributed by atoms with Gasteiger partial charge < -0.3 is 14.5 Å². The highest BCUT2D eigenvalue weighted by Gasteiger charge is 2.29. The van der Waals surface area contributed by atoms with Crippen LogP contribution in [0.15, 0.2) is 53.4 Å². The molecule has 1 N–H and O–H groups in total. The predicted octanol–water partition coefficient (Wildman–Crippen LogP) is 2.14. The number of likely N-dealkylation sites (N-methyl/N-ethyl adjacent to an activating group) is 1. The van der Waals surface area contributed by atoms with Gasteiger partial charge >= 0.3 is 0 Å². The lowest BCUT2D eigenvalue weighted by atomic mass is 10.1. The van der Waals surface area contributed by atoms with E-state index in [0.717, 1.165) is 11.3 Å². The lowest BCUT2D eigenvalue weighted by molar-refractivity contribution is -0.136. The maximum absolute atomic E-state index is 12.9. The third-order valence-electron chi connectivity index (χ3n) is 4.29. The number of sulfonamides is 1. The first-order valence-corrected chi connectivity index (χ1v) is 10.2. The van der Waals surface area contributed by atoms with Crippen LogP contribution in [-0.2, 0) is 19.6 Å². The number of aryl methyl sites for hydroxylation is 1. The number of benzene rings is 2. The van der Waals surface area contributed by atoms with E-state index in [4.69, 9.17) is 4.74 Å². The highest BCUT2D eigenvalue weighted by molar-refractivity contribution is 7.89. The summed E-state index contributed by atoms with van der Waals surface area (Å²) in [6, 6.07) is 12.6. The number of hydrogen-bond donors (Lipinski definition) is 1. The SMILES string of the molecule is COCN(C)C(=O)C(NS(=O)(=O)c1ccc(C)cc1)c1ccc(N(C)C)cc1. The molecule has 28 heavy (non-hydrogen) atoms. The number of ether oxygens (including phenoxy) is 1. The molecule has 0 spiro atoms. The van der Waals surface area contributed by atoms with Gasteiger partial charge in [0.2, 0.25) is 15.9 Å². The Labute approximate surface area is 167 Å². The summed E-state index contributed by atoms with van der Waals surface area (Å²) in [5.74, 6) is -0.407. The summed E-state index contributed by atoms with van der Waals surface area (Å²) in [5.41, 5.74) is 2.45. The summed E-state index contributed by atoms with van der Waals surface area (Å²) in [6.45, 7) is 1.93. The number of hydrogen-bond acceptors (Lipinski definition) is 5. The van der Waals surface area contributed by atoms with Crippen LogP contribution in [0.4, 0.5) is 5.69 Å². The van der Waals surface area contributed by atoms with E-state index >= 15 is 0 Å². The molecule has 2 rings (SSSR count). The van der Waals surface area contributed by atoms with Crippen LogP contribution in [0.1, 0.15) is 17.2 Å². The zero-order valence-corrected chi connectivity index (χ0v) is 17.7. The van der Waals surface area contributed by atoms with Crippen molar-refractivity contribution in [3.63, 3.8) is 0 Å². The summed E-state index contributed by atoms with van der Waals surface area (Å²) in [6.07, 6.45) is 0. The van der Waals surface area contributed by atoms with E-state index in [-0.39, 0.29) is 11.6 Å². The molecular formula is C20H27N3O4S. The number of amides is 1. The summed E-state index contributed by atoms with van der Waals surface area (Å²) in [5, 5.41) is 0. The molecule has 2 aromatic carbocycles. The van der Waals surface area contributed by atoms with Gasteiger partial charge in [-0.05, 0) is 36.8 Å². The molecule has 0 heterocycles. The maximum Gasteiger partial charge on any atom is 0.246 e. The van der Waals surface area contributed by atoms with E-state index < -0.39 is 22.0 Å². The molecule has 1 unspecified atom stereocenters. The molecule has 0 aliphatic carbocycles. The molecule has 8 heteroatoms. The van der Waals surface area contributed by atoms with Crippen molar-refractivity contribution >= 4 is 21.6 Å². The second kappa shape index (κ2) is 9.18. The van der Waals surface area contributed by atoms with Gasteiger partial charge in [0.15, 0.2) is 0 Å². The number of methoxy groups -OCH3 is 1. The first kappa shape index (κ1) is 21.9. The van der Waals surface area contributed by atoms with Crippen LogP contribution in [-0.4, -0.2) is 54.2 Å². The van der Waals surface area contributed by atoms with Crippen molar-refractivity contribution < 1.29 is 17.9 Å². The highest BCUT2D eigenvalue weighted by atomic mass is 32.2. The third-order valence-corrected chi connectivity index (χ3v) is 5.73. The molecule has 0 fully saturated rings. The standard InChI is InChI=1S/C20H27N3O4S/c1-15-6-12-18(13-7-15)28(25,26)21-19(20(24)23(4)14-27-5)16-8-10-17(11-9-16)22(2)3/h6-13,19,21H,14H2,1-5H3. The summed E-state index contributed by atoms with van der Waals surface area (Å²) >= 11 is 0. The molecule has 1 atom stereocenters. The largest absolute Gasteiger partial charge is 0.378 e. The number of anilines is 1. The Hall–Kier alpha value is -2.42. The van der Waals surface area contributed by atoms with Crippen molar-refractivity contribution in [3.8, 4) is 0 Å². The second-order valence-corrected chi connectivity index (χ2v) is 8.52. The molecule has 152 valence electrons. The minimum atomic E-state index is -3.89. The van der Waals surface area contributed by atoms with Crippen LogP contribution in [0.3, 0.4) is 0 Å². The van der Waals surface area contributed by atoms with Gasteiger partial charge in [-0.25, -0.2) is 8.42 Å². The van der Waals surface area contributed by atoms with Crippen LogP contribution in [0, 0.1) is 6.92 Å². The van der Waals surface area contributed by atoms with E-state index in [9.17, 15) is 13.2 Å². The Morgan fingerprint density at radius 3 is 2.11 bits per heavy atom. The van der Waals surface area contributed by atoms with Crippen molar-refractivity contribution in [2.75, 3.05) is 39.9 Å². The van der Waals surface area contributed by atoms with Crippen LogP contribution in [0.5, 0.6) is 0 Å². The van der Waals surface area contributed by atoms with Crippen molar-refractivity contribution in [1.29, 1.82) is 0 Å². The molecule has 2 aromatic rings. The molecule has 0 bridgehead atoms. The number of carbonyl (C=O) groups excluding carboxylic acids is 1. The fourth-order valence-electron chi connectivity index (χ4n) is 2.64. The number of nitrogens with one attached hydrogen (secondary N) is 1. The number of carbonyl (C=O) groups is 1. The zero-order valence-electron chi connectivity index (χ0n) is 16.8. The predicted molar refractivity (Wildman–Crippen MR) is 110 cm³/mol. The quantitative estimate of drug-likeness (QED) is 0.681. The van der Waals surface area contributed by atoms with Gasteiger partial charge in [0.05, 0.1) is 4.90 Å². The van der Waals surface area contributed by atoms with Crippen molar-refractivity contribution in [2.24, 2.45) is 0 Å². The highest BCUT2D eigenvalue weighted by Crippen LogP contribution is 2.22. The monoisotopic (exact) mass is 405 g/mol. The average molecular weight is 406 g/mol. The van der Waals surface area contributed by atoms with Crippen LogP contribution >= 0.6 is 0 Å². The first-order chi connectivity index (χ1) is 13.2. The Morgan fingerprint density at radius 2 is 1.61 bits per heavy atom. The van der Waals surface area contributed by atoms with Gasteiger partial charge in [0.1, 0.15) is 12.8 Å². The third kappa shape index (κ3) is 5.31. The minimum Gasteiger partial charge on any atom is -0.378 e. The fourth-order valence-corrected chi connectivity index (χ4v) is 3.82. The van der Waals surface area contributed by atoms with E-state index in [1.54, 1.807) is 31.3 Å². The van der Waals surface area contributed by atoms with Crippen molar-refractivity contribution in [1.82, 2.24) is 9.62 Å². The molecule has 0 aliphatic heterocycles. The Balaban J connectivity index is 2.40. The van der Waals surface area contributed by atoms with Crippen LogP contribution in [0.25, 0.3) is 0 Å². The lowest BCUT2D eigenvalue weighted by Gasteiger charge is -2.25. The molecule has 0 radical (unpaired) electrons. The average Bonchev–Trinajstić information content (AvgIpc) is 2.66. The van der Waals surface area contributed by atoms with Gasteiger partial charge in [0.25, 0.3) is 0 Å². The van der Waals surface area contributed by atoms with E-state index in [0.29, 0.717) is 5.56 Å². The molecule has 7 nitrogen and oxygen atoms in total. The van der Waals surface area contributed by atoms with Gasteiger partial charge in [-0.2, -0.15) is 4.72 Å². The first-order valence-electron chi connectivity index (χ1n) is 8.76. The van der Waals surface area contributed by atoms with Crippen molar-refractivity contribution in [3.05, 3.63) is 59.7 Å². The summed E-state index contributed by atoms with van der Waals surface area (Å²) in [7, 11) is 2.96. The van der Waals surface area contributed by atoms with Gasteiger partial charge in [-0.15, -0.1) is 0 Å². The Bertz CT molecular complexity index is 894. The van der Waals surface area contributed by atoms with Crippen LogP contribution in [0.2, 0.25) is 0 Å². The van der Waals surface area contributed by atoms with Crippen LogP contribution < -0.4 is 9.62 Å². The smallest absolute Gasteiger partial charge is 0.246 e. The number of nitrogens with zero attached hydrogens (tertiary/aromatic N) is 2. The van der Waals surface area contributed by atoms with E-state index in [2.05, 4.69) is 4.72 Å². The Kier molecular flexibility index (Phi) is 7.17. The van der Waals surface area contributed by atoms with Gasteiger partial charge in [-0.1, -0.05) is 29.8 Å². The normalized spacial score (nSPS) is 12.5. The minimum absolute atomic E-state index is 0.0530. The molecule has 0 aromatic heterocycles. The molecule has 1 amide bonds. The zero-order chi connectivity index (χ0) is 20.9. The Morgan fingerprint density at radius 1 is 1.04 bits per heavy atom. The van der Waals surface area contributed by atoms with E-state index in [1.165, 1.54) is 24.1 Å². The van der Waals surface area contributed by atoms with Gasteiger partial charge in [-0.3, -0.25) is 4.79 Å². The number of rotatable bonds is 8. The molecular weight excluding hydrogens is 378 g/mol. The second-order valence-electron chi connectivity index (χ2n) is 6.81. The molecule has 0 saturated carbocycles. The molecule has 0 aliphatic rings. The maximum atomic E-state index is 12.9. The lowest BCUT2D eigenvalue weighted by Crippen LogP contribution is -2.42. The van der Waals surface area contributed by atoms with Gasteiger partial charge in [0, 0.05) is 33.9 Å². The van der Waals surface area contributed by atoms with Crippen molar-refractivity contribution in [2.45, 2.75) is 17.9 Å². The molecule has 0 saturated heterocycles. The summed E-state index contributed by atoms with van der Waals surface area (Å²) < 4.78 is 33.3.